The number of ether oxygens (including phenoxy) is 1. The Kier molecular flexibility index (Phi) is 5.56. The summed E-state index contributed by atoms with van der Waals surface area (Å²) < 4.78 is 5.52. The molecule has 0 unspecified atom stereocenters. The third kappa shape index (κ3) is 3.45. The standard InChI is InChI=1S/C19H14Cl3NO3/c1-2-9-26-13-6-3-11(4-7-13)16-17(22)19(25)23(18(16)24)12-5-8-14(20)15(21)10-12/h3-8,10H,2,9H2,1H3. The Hall–Kier alpha value is -2.01. The predicted octanol–water partition coefficient (Wildman–Crippen LogP) is 5.31. The van der Waals surface area contributed by atoms with Gasteiger partial charge in [0.2, 0.25) is 0 Å². The van der Waals surface area contributed by atoms with Gasteiger partial charge in [-0.25, -0.2) is 4.90 Å². The quantitative estimate of drug-likeness (QED) is 0.628. The fraction of sp³-hybridized carbons (Fsp3) is 0.158. The molecule has 0 bridgehead atoms. The SMILES string of the molecule is CCCOc1ccc(C2=C(Cl)C(=O)N(c3ccc(Cl)c(Cl)c3)C2=O)cc1. The number of halogens is 3. The van der Waals surface area contributed by atoms with Gasteiger partial charge in [0.15, 0.2) is 0 Å². The van der Waals surface area contributed by atoms with Gasteiger partial charge >= 0.3 is 0 Å². The molecule has 4 nitrogen and oxygen atoms in total. The van der Waals surface area contributed by atoms with E-state index in [1.807, 2.05) is 6.92 Å². The van der Waals surface area contributed by atoms with Crippen molar-refractivity contribution in [1.82, 2.24) is 0 Å². The number of hydrogen-bond acceptors (Lipinski definition) is 3. The summed E-state index contributed by atoms with van der Waals surface area (Å²) >= 11 is 18.1. The van der Waals surface area contributed by atoms with E-state index in [-0.39, 0.29) is 15.6 Å². The smallest absolute Gasteiger partial charge is 0.277 e. The van der Waals surface area contributed by atoms with Crippen LogP contribution in [-0.4, -0.2) is 18.4 Å². The molecule has 0 saturated carbocycles. The minimum Gasteiger partial charge on any atom is -0.494 e. The first-order valence-corrected chi connectivity index (χ1v) is 9.04. The third-order valence-corrected chi connectivity index (χ3v) is 4.89. The number of rotatable bonds is 5. The Morgan fingerprint density at radius 1 is 0.923 bits per heavy atom. The van der Waals surface area contributed by atoms with Gasteiger partial charge in [-0.1, -0.05) is 53.9 Å². The molecule has 0 radical (unpaired) electrons. The first-order valence-electron chi connectivity index (χ1n) is 7.91. The predicted molar refractivity (Wildman–Crippen MR) is 104 cm³/mol. The van der Waals surface area contributed by atoms with Gasteiger partial charge in [-0.05, 0) is 42.3 Å². The van der Waals surface area contributed by atoms with Crippen molar-refractivity contribution in [3.63, 3.8) is 0 Å². The van der Waals surface area contributed by atoms with E-state index in [9.17, 15) is 9.59 Å². The lowest BCUT2D eigenvalue weighted by Crippen LogP contribution is -2.31. The molecule has 0 aromatic heterocycles. The van der Waals surface area contributed by atoms with Crippen molar-refractivity contribution in [1.29, 1.82) is 0 Å². The van der Waals surface area contributed by atoms with Gasteiger partial charge < -0.3 is 4.74 Å². The van der Waals surface area contributed by atoms with E-state index in [0.717, 1.165) is 11.3 Å². The Labute approximate surface area is 165 Å². The Morgan fingerprint density at radius 3 is 2.23 bits per heavy atom. The van der Waals surface area contributed by atoms with Crippen LogP contribution in [0.5, 0.6) is 5.75 Å². The fourth-order valence-electron chi connectivity index (χ4n) is 2.55. The largest absolute Gasteiger partial charge is 0.494 e. The molecule has 26 heavy (non-hydrogen) atoms. The van der Waals surface area contributed by atoms with Crippen LogP contribution < -0.4 is 9.64 Å². The lowest BCUT2D eigenvalue weighted by Gasteiger charge is -2.15. The molecular formula is C19H14Cl3NO3. The van der Waals surface area contributed by atoms with Crippen LogP contribution in [0.4, 0.5) is 5.69 Å². The highest BCUT2D eigenvalue weighted by molar-refractivity contribution is 6.60. The molecule has 2 amide bonds. The number of carbonyl (C=O) groups excluding carboxylic acids is 2. The zero-order valence-electron chi connectivity index (χ0n) is 13.8. The molecule has 7 heteroatoms. The molecule has 1 heterocycles. The normalized spacial score (nSPS) is 14.4. The van der Waals surface area contributed by atoms with Gasteiger partial charge in [0.25, 0.3) is 11.8 Å². The molecule has 134 valence electrons. The van der Waals surface area contributed by atoms with Crippen LogP contribution in [-0.2, 0) is 9.59 Å². The van der Waals surface area contributed by atoms with Crippen LogP contribution >= 0.6 is 34.8 Å². The number of carbonyl (C=O) groups is 2. The molecular weight excluding hydrogens is 397 g/mol. The van der Waals surface area contributed by atoms with Crippen LogP contribution in [0.3, 0.4) is 0 Å². The first-order chi connectivity index (χ1) is 12.4. The number of amides is 2. The number of anilines is 1. The summed E-state index contributed by atoms with van der Waals surface area (Å²) in [6.45, 7) is 2.62. The highest BCUT2D eigenvalue weighted by Crippen LogP contribution is 2.37. The summed E-state index contributed by atoms with van der Waals surface area (Å²) in [5.74, 6) is -0.428. The maximum atomic E-state index is 12.8. The number of hydrogen-bond donors (Lipinski definition) is 0. The second-order valence-corrected chi connectivity index (χ2v) is 6.80. The van der Waals surface area contributed by atoms with Crippen LogP contribution in [0.2, 0.25) is 10.0 Å². The van der Waals surface area contributed by atoms with Gasteiger partial charge in [-0.15, -0.1) is 0 Å². The van der Waals surface area contributed by atoms with Crippen LogP contribution in [0.25, 0.3) is 5.57 Å². The maximum absolute atomic E-state index is 12.8. The second-order valence-electron chi connectivity index (χ2n) is 5.61. The minimum atomic E-state index is -0.601. The van der Waals surface area contributed by atoms with E-state index < -0.39 is 11.8 Å². The lowest BCUT2D eigenvalue weighted by molar-refractivity contribution is -0.119. The monoisotopic (exact) mass is 409 g/mol. The fourth-order valence-corrected chi connectivity index (χ4v) is 3.12. The number of imide groups is 1. The molecule has 0 fully saturated rings. The van der Waals surface area contributed by atoms with E-state index in [1.165, 1.54) is 12.1 Å². The van der Waals surface area contributed by atoms with Crippen molar-refractivity contribution in [3.8, 4) is 5.75 Å². The van der Waals surface area contributed by atoms with Gasteiger partial charge in [0, 0.05) is 0 Å². The average molecular weight is 411 g/mol. The highest BCUT2D eigenvalue weighted by Gasteiger charge is 2.39. The number of benzene rings is 2. The summed E-state index contributed by atoms with van der Waals surface area (Å²) in [7, 11) is 0. The molecule has 1 aliphatic rings. The maximum Gasteiger partial charge on any atom is 0.277 e. The van der Waals surface area contributed by atoms with Crippen LogP contribution in [0.15, 0.2) is 47.5 Å². The molecule has 0 spiro atoms. The molecule has 1 aliphatic heterocycles. The topological polar surface area (TPSA) is 46.6 Å². The zero-order valence-corrected chi connectivity index (χ0v) is 16.0. The van der Waals surface area contributed by atoms with E-state index >= 15 is 0 Å². The number of nitrogens with zero attached hydrogens (tertiary/aromatic N) is 1. The van der Waals surface area contributed by atoms with Gasteiger partial charge in [0.1, 0.15) is 10.8 Å². The van der Waals surface area contributed by atoms with E-state index in [1.54, 1.807) is 30.3 Å². The van der Waals surface area contributed by atoms with Crippen LogP contribution in [0, 0.1) is 0 Å². The lowest BCUT2D eigenvalue weighted by atomic mass is 10.1. The van der Waals surface area contributed by atoms with Crippen LogP contribution in [0.1, 0.15) is 18.9 Å². The Bertz CT molecular complexity index is 907. The zero-order chi connectivity index (χ0) is 18.8. The van der Waals surface area contributed by atoms with E-state index in [4.69, 9.17) is 39.5 Å². The summed E-state index contributed by atoms with van der Waals surface area (Å²) in [6, 6.07) is 11.4. The average Bonchev–Trinajstić information content (AvgIpc) is 2.85. The van der Waals surface area contributed by atoms with E-state index in [2.05, 4.69) is 0 Å². The van der Waals surface area contributed by atoms with Gasteiger partial charge in [-0.3, -0.25) is 9.59 Å². The van der Waals surface area contributed by atoms with Crippen molar-refractivity contribution >= 4 is 57.9 Å². The van der Waals surface area contributed by atoms with Gasteiger partial charge in [-0.2, -0.15) is 0 Å². The summed E-state index contributed by atoms with van der Waals surface area (Å²) in [6.07, 6.45) is 0.893. The van der Waals surface area contributed by atoms with Crippen molar-refractivity contribution in [2.24, 2.45) is 0 Å². The summed E-state index contributed by atoms with van der Waals surface area (Å²) in [4.78, 5) is 26.3. The molecule has 0 N–H and O–H groups in total. The van der Waals surface area contributed by atoms with Crippen molar-refractivity contribution < 1.29 is 14.3 Å². The van der Waals surface area contributed by atoms with Gasteiger partial charge in [0.05, 0.1) is 27.9 Å². The third-order valence-electron chi connectivity index (χ3n) is 3.80. The second kappa shape index (κ2) is 7.70. The molecule has 0 aliphatic carbocycles. The molecule has 3 rings (SSSR count). The molecule has 0 atom stereocenters. The van der Waals surface area contributed by atoms with Crippen molar-refractivity contribution in [3.05, 3.63) is 63.1 Å². The molecule has 0 saturated heterocycles. The Balaban J connectivity index is 1.92. The minimum absolute atomic E-state index is 0.136. The highest BCUT2D eigenvalue weighted by atomic mass is 35.5. The van der Waals surface area contributed by atoms with E-state index in [0.29, 0.717) is 28.6 Å². The first kappa shape index (κ1) is 18.8. The van der Waals surface area contributed by atoms with Crippen molar-refractivity contribution in [2.75, 3.05) is 11.5 Å². The van der Waals surface area contributed by atoms with Crippen molar-refractivity contribution in [2.45, 2.75) is 13.3 Å². The summed E-state index contributed by atoms with van der Waals surface area (Å²) in [5, 5.41) is 0.437. The summed E-state index contributed by atoms with van der Waals surface area (Å²) in [5.41, 5.74) is 0.995. The Morgan fingerprint density at radius 2 is 1.62 bits per heavy atom. The molecule has 2 aromatic rings. The molecule has 2 aromatic carbocycles.